The Bertz CT molecular complexity index is 398. The van der Waals surface area contributed by atoms with Crippen LogP contribution in [-0.4, -0.2) is 15.4 Å². The highest BCUT2D eigenvalue weighted by Gasteiger charge is 2.33. The van der Waals surface area contributed by atoms with Crippen molar-refractivity contribution in [3.63, 3.8) is 0 Å². The van der Waals surface area contributed by atoms with Gasteiger partial charge in [0.05, 0.1) is 11.0 Å². The average molecular weight is 303 g/mol. The summed E-state index contributed by atoms with van der Waals surface area (Å²) in [4.78, 5) is 12.5. The Labute approximate surface area is 94.2 Å². The Morgan fingerprint density at radius 2 is 2.13 bits per heavy atom. The zero-order chi connectivity index (χ0) is 11.6. The van der Waals surface area contributed by atoms with Gasteiger partial charge in [-0.05, 0) is 27.7 Å². The van der Waals surface area contributed by atoms with Crippen molar-refractivity contribution in [3.8, 4) is 0 Å². The third kappa shape index (κ3) is 3.67. The molecule has 0 aliphatic heterocycles. The molecule has 0 atom stereocenters. The summed E-state index contributed by atoms with van der Waals surface area (Å²) in [5, 5.41) is 10.4. The van der Waals surface area contributed by atoms with Crippen molar-refractivity contribution in [1.82, 2.24) is 4.98 Å². The van der Waals surface area contributed by atoms with Crippen LogP contribution in [0, 0.1) is 10.1 Å². The molecule has 1 heterocycles. The summed E-state index contributed by atoms with van der Waals surface area (Å²) in [5.74, 6) is 0. The van der Waals surface area contributed by atoms with Gasteiger partial charge >= 0.3 is 5.51 Å². The van der Waals surface area contributed by atoms with Gasteiger partial charge in [0.2, 0.25) is 0 Å². The van der Waals surface area contributed by atoms with Crippen LogP contribution in [0.4, 0.5) is 18.9 Å². The van der Waals surface area contributed by atoms with E-state index in [1.165, 1.54) is 0 Å². The largest absolute Gasteiger partial charge is 0.446 e. The number of nitro groups is 1. The minimum Gasteiger partial charge on any atom is -0.258 e. The lowest BCUT2D eigenvalue weighted by Gasteiger charge is -2.05. The fraction of sp³-hybridized carbons (Fsp3) is 0.167. The van der Waals surface area contributed by atoms with Crippen molar-refractivity contribution in [2.45, 2.75) is 10.4 Å². The molecule has 0 saturated carbocycles. The van der Waals surface area contributed by atoms with E-state index >= 15 is 0 Å². The SMILES string of the molecule is O=[N+]([O-])c1cc(Br)ncc1SC(F)(F)F. The quantitative estimate of drug-likeness (QED) is 0.364. The number of thioether (sulfide) groups is 1. The highest BCUT2D eigenvalue weighted by atomic mass is 79.9. The van der Waals surface area contributed by atoms with E-state index in [1.807, 2.05) is 0 Å². The van der Waals surface area contributed by atoms with Gasteiger partial charge in [-0.2, -0.15) is 13.2 Å². The first-order chi connectivity index (χ1) is 6.79. The van der Waals surface area contributed by atoms with Crippen LogP contribution in [0.15, 0.2) is 21.8 Å². The fourth-order valence-electron chi connectivity index (χ4n) is 0.754. The van der Waals surface area contributed by atoms with E-state index in [2.05, 4.69) is 20.9 Å². The van der Waals surface area contributed by atoms with Crippen LogP contribution in [0.25, 0.3) is 0 Å². The molecule has 0 fully saturated rings. The standard InChI is InChI=1S/C6H2BrF3N2O2S/c7-5-1-3(12(13)14)4(2-11-5)15-6(8,9)10/h1-2H. The summed E-state index contributed by atoms with van der Waals surface area (Å²) in [6.07, 6.45) is 0.806. The molecule has 0 aromatic carbocycles. The minimum absolute atomic E-state index is 0.112. The first-order valence-electron chi connectivity index (χ1n) is 3.35. The maximum atomic E-state index is 12.0. The number of pyridine rings is 1. The Morgan fingerprint density at radius 3 is 2.60 bits per heavy atom. The molecule has 0 bridgehead atoms. The highest BCUT2D eigenvalue weighted by molar-refractivity contribution is 9.10. The lowest BCUT2D eigenvalue weighted by atomic mass is 10.4. The molecule has 9 heteroatoms. The molecular weight excluding hydrogens is 301 g/mol. The van der Waals surface area contributed by atoms with Gasteiger partial charge in [0.1, 0.15) is 9.50 Å². The van der Waals surface area contributed by atoms with Crippen LogP contribution in [0.1, 0.15) is 0 Å². The topological polar surface area (TPSA) is 56.0 Å². The predicted octanol–water partition coefficient (Wildman–Crippen LogP) is 3.36. The second-order valence-electron chi connectivity index (χ2n) is 2.28. The van der Waals surface area contributed by atoms with Crippen LogP contribution in [0.2, 0.25) is 0 Å². The Kier molecular flexibility index (Phi) is 3.55. The van der Waals surface area contributed by atoms with E-state index in [9.17, 15) is 23.3 Å². The van der Waals surface area contributed by atoms with E-state index in [0.29, 0.717) is 0 Å². The Hall–Kier alpha value is -0.830. The van der Waals surface area contributed by atoms with Crippen LogP contribution in [0.5, 0.6) is 0 Å². The molecule has 82 valence electrons. The van der Waals surface area contributed by atoms with Crippen LogP contribution >= 0.6 is 27.7 Å². The summed E-state index contributed by atoms with van der Waals surface area (Å²) in [5.41, 5.74) is -5.19. The molecular formula is C6H2BrF3N2O2S. The smallest absolute Gasteiger partial charge is 0.258 e. The lowest BCUT2D eigenvalue weighted by Crippen LogP contribution is -2.01. The zero-order valence-electron chi connectivity index (χ0n) is 6.79. The van der Waals surface area contributed by atoms with Gasteiger partial charge in [-0.15, -0.1) is 0 Å². The van der Waals surface area contributed by atoms with Crippen LogP contribution in [0.3, 0.4) is 0 Å². The van der Waals surface area contributed by atoms with E-state index in [0.717, 1.165) is 12.3 Å². The molecule has 0 amide bonds. The van der Waals surface area contributed by atoms with Crippen LogP contribution < -0.4 is 0 Å². The molecule has 15 heavy (non-hydrogen) atoms. The van der Waals surface area contributed by atoms with E-state index in [4.69, 9.17) is 0 Å². The number of hydrogen-bond donors (Lipinski definition) is 0. The number of rotatable bonds is 2. The Balaban J connectivity index is 3.12. The summed E-state index contributed by atoms with van der Waals surface area (Å²) < 4.78 is 36.1. The second kappa shape index (κ2) is 4.35. The molecule has 1 rings (SSSR count). The van der Waals surface area contributed by atoms with Crippen LogP contribution in [-0.2, 0) is 0 Å². The maximum Gasteiger partial charge on any atom is 0.446 e. The molecule has 0 saturated heterocycles. The van der Waals surface area contributed by atoms with Crippen molar-refractivity contribution in [1.29, 1.82) is 0 Å². The predicted molar refractivity (Wildman–Crippen MR) is 50.5 cm³/mol. The molecule has 1 aromatic heterocycles. The number of halogens is 4. The first-order valence-corrected chi connectivity index (χ1v) is 4.96. The van der Waals surface area contributed by atoms with E-state index in [1.54, 1.807) is 0 Å². The van der Waals surface area contributed by atoms with Crippen molar-refractivity contribution in [3.05, 3.63) is 27.0 Å². The van der Waals surface area contributed by atoms with Gasteiger partial charge in [0.15, 0.2) is 0 Å². The zero-order valence-corrected chi connectivity index (χ0v) is 9.19. The molecule has 0 spiro atoms. The summed E-state index contributed by atoms with van der Waals surface area (Å²) in [7, 11) is 0. The average Bonchev–Trinajstić information content (AvgIpc) is 2.05. The lowest BCUT2D eigenvalue weighted by molar-refractivity contribution is -0.387. The fourth-order valence-corrected chi connectivity index (χ4v) is 1.67. The van der Waals surface area contributed by atoms with Gasteiger partial charge in [-0.25, -0.2) is 4.98 Å². The minimum atomic E-state index is -4.57. The van der Waals surface area contributed by atoms with E-state index in [-0.39, 0.29) is 4.60 Å². The summed E-state index contributed by atoms with van der Waals surface area (Å²) in [6.45, 7) is 0. The van der Waals surface area contributed by atoms with Gasteiger partial charge in [-0.3, -0.25) is 10.1 Å². The van der Waals surface area contributed by atoms with Gasteiger partial charge in [0, 0.05) is 6.20 Å². The molecule has 4 nitrogen and oxygen atoms in total. The van der Waals surface area contributed by atoms with Gasteiger partial charge in [-0.1, -0.05) is 0 Å². The van der Waals surface area contributed by atoms with Crippen molar-refractivity contribution >= 4 is 33.4 Å². The molecule has 0 aliphatic rings. The van der Waals surface area contributed by atoms with Crippen molar-refractivity contribution in [2.24, 2.45) is 0 Å². The molecule has 0 N–H and O–H groups in total. The highest BCUT2D eigenvalue weighted by Crippen LogP contribution is 2.41. The number of hydrogen-bond acceptors (Lipinski definition) is 4. The van der Waals surface area contributed by atoms with Crippen molar-refractivity contribution < 1.29 is 18.1 Å². The normalized spacial score (nSPS) is 11.5. The second-order valence-corrected chi connectivity index (χ2v) is 4.20. The first kappa shape index (κ1) is 12.2. The van der Waals surface area contributed by atoms with Gasteiger partial charge in [0.25, 0.3) is 5.69 Å². The third-order valence-corrected chi connectivity index (χ3v) is 2.44. The summed E-state index contributed by atoms with van der Waals surface area (Å²) >= 11 is 2.28. The molecule has 1 aromatic rings. The van der Waals surface area contributed by atoms with Gasteiger partial charge < -0.3 is 0 Å². The number of nitrogens with zero attached hydrogens (tertiary/aromatic N) is 2. The third-order valence-electron chi connectivity index (χ3n) is 1.24. The van der Waals surface area contributed by atoms with E-state index < -0.39 is 32.8 Å². The Morgan fingerprint density at radius 1 is 1.53 bits per heavy atom. The molecule has 0 unspecified atom stereocenters. The molecule has 0 radical (unpaired) electrons. The maximum absolute atomic E-state index is 12.0. The van der Waals surface area contributed by atoms with Crippen molar-refractivity contribution in [2.75, 3.05) is 0 Å². The number of alkyl halides is 3. The number of aromatic nitrogens is 1. The summed E-state index contributed by atoms with van der Waals surface area (Å²) in [6, 6.07) is 0.925. The monoisotopic (exact) mass is 302 g/mol. The molecule has 0 aliphatic carbocycles.